The quantitative estimate of drug-likeness (QED) is 0.699. The Balaban J connectivity index is 1.50. The van der Waals surface area contributed by atoms with E-state index in [0.717, 1.165) is 28.7 Å². The van der Waals surface area contributed by atoms with Crippen molar-refractivity contribution in [2.75, 3.05) is 11.1 Å². The fraction of sp³-hybridized carbons (Fsp3) is 0.143. The number of aromatic nitrogens is 2. The van der Waals surface area contributed by atoms with Crippen LogP contribution in [-0.2, 0) is 11.3 Å². The molecule has 0 bridgehead atoms. The summed E-state index contributed by atoms with van der Waals surface area (Å²) in [4.78, 5) is 37.5. The van der Waals surface area contributed by atoms with Gasteiger partial charge >= 0.3 is 0 Å². The number of carbonyl (C=O) groups excluding carboxylic acids is 3. The molecule has 1 aliphatic rings. The van der Waals surface area contributed by atoms with Crippen LogP contribution in [0.15, 0.2) is 60.8 Å². The Morgan fingerprint density at radius 2 is 1.97 bits per heavy atom. The van der Waals surface area contributed by atoms with E-state index in [-0.39, 0.29) is 29.4 Å². The molecule has 0 aliphatic carbocycles. The van der Waals surface area contributed by atoms with Crippen molar-refractivity contribution < 1.29 is 14.4 Å². The van der Waals surface area contributed by atoms with Gasteiger partial charge in [0.1, 0.15) is 0 Å². The Morgan fingerprint density at radius 3 is 2.69 bits per heavy atom. The SMILES string of the molecule is Cc1ccnn1-c1cccc(NC(=O)c2cccc(CN3C(=O)CSC3=O)c2)c1. The van der Waals surface area contributed by atoms with Crippen molar-refractivity contribution >= 4 is 34.5 Å². The molecule has 0 atom stereocenters. The summed E-state index contributed by atoms with van der Waals surface area (Å²) in [5.41, 5.74) is 3.67. The molecule has 1 fully saturated rings. The number of imide groups is 1. The standard InChI is InChI=1S/C21H18N4O3S/c1-14-8-9-22-25(14)18-7-3-6-17(11-18)23-20(27)16-5-2-4-15(10-16)12-24-19(26)13-29-21(24)28/h2-11H,12-13H2,1H3,(H,23,27). The van der Waals surface area contributed by atoms with Crippen molar-refractivity contribution in [2.45, 2.75) is 13.5 Å². The first-order valence-electron chi connectivity index (χ1n) is 9.00. The third-order valence-electron chi connectivity index (χ3n) is 4.55. The molecule has 2 heterocycles. The number of thioether (sulfide) groups is 1. The van der Waals surface area contributed by atoms with Gasteiger partial charge in [-0.25, -0.2) is 4.68 Å². The van der Waals surface area contributed by atoms with Gasteiger partial charge in [-0.15, -0.1) is 0 Å². The van der Waals surface area contributed by atoms with Crippen LogP contribution in [0.3, 0.4) is 0 Å². The van der Waals surface area contributed by atoms with E-state index >= 15 is 0 Å². The molecule has 4 rings (SSSR count). The minimum absolute atomic E-state index is 0.167. The summed E-state index contributed by atoms with van der Waals surface area (Å²) in [5.74, 6) is -0.305. The van der Waals surface area contributed by atoms with E-state index in [9.17, 15) is 14.4 Å². The number of benzene rings is 2. The third kappa shape index (κ3) is 4.07. The normalized spacial score (nSPS) is 13.8. The molecule has 3 aromatic rings. The van der Waals surface area contributed by atoms with E-state index < -0.39 is 0 Å². The van der Waals surface area contributed by atoms with E-state index in [1.165, 1.54) is 4.90 Å². The fourth-order valence-corrected chi connectivity index (χ4v) is 3.81. The van der Waals surface area contributed by atoms with Crippen LogP contribution in [0, 0.1) is 6.92 Å². The second-order valence-electron chi connectivity index (χ2n) is 6.62. The van der Waals surface area contributed by atoms with Crippen molar-refractivity contribution in [3.63, 3.8) is 0 Å². The lowest BCUT2D eigenvalue weighted by atomic mass is 10.1. The third-order valence-corrected chi connectivity index (χ3v) is 5.41. The van der Waals surface area contributed by atoms with E-state index in [1.54, 1.807) is 35.1 Å². The Kier molecular flexibility index (Phi) is 5.18. The largest absolute Gasteiger partial charge is 0.322 e. The van der Waals surface area contributed by atoms with Crippen molar-refractivity contribution in [3.05, 3.63) is 77.6 Å². The van der Waals surface area contributed by atoms with Gasteiger partial charge < -0.3 is 5.32 Å². The van der Waals surface area contributed by atoms with Crippen molar-refractivity contribution in [2.24, 2.45) is 0 Å². The van der Waals surface area contributed by atoms with Crippen molar-refractivity contribution in [1.29, 1.82) is 0 Å². The number of nitrogens with one attached hydrogen (secondary N) is 1. The molecule has 1 aliphatic heterocycles. The highest BCUT2D eigenvalue weighted by Crippen LogP contribution is 2.22. The number of hydrogen-bond donors (Lipinski definition) is 1. The van der Waals surface area contributed by atoms with Crippen LogP contribution in [0.4, 0.5) is 10.5 Å². The highest BCUT2D eigenvalue weighted by molar-refractivity contribution is 8.14. The van der Waals surface area contributed by atoms with Crippen molar-refractivity contribution in [1.82, 2.24) is 14.7 Å². The maximum Gasteiger partial charge on any atom is 0.289 e. The van der Waals surface area contributed by atoms with Gasteiger partial charge in [-0.3, -0.25) is 19.3 Å². The topological polar surface area (TPSA) is 84.3 Å². The minimum atomic E-state index is -0.269. The lowest BCUT2D eigenvalue weighted by Gasteiger charge is -2.13. The van der Waals surface area contributed by atoms with E-state index in [0.29, 0.717) is 11.3 Å². The van der Waals surface area contributed by atoms with Gasteiger partial charge in [0.25, 0.3) is 11.1 Å². The molecule has 1 aromatic heterocycles. The fourth-order valence-electron chi connectivity index (χ4n) is 3.09. The predicted octanol–water partition coefficient (Wildman–Crippen LogP) is 3.63. The second kappa shape index (κ2) is 7.92. The van der Waals surface area contributed by atoms with Crippen molar-refractivity contribution in [3.8, 4) is 5.69 Å². The van der Waals surface area contributed by atoms with Gasteiger partial charge in [-0.2, -0.15) is 5.10 Å². The molecule has 0 radical (unpaired) electrons. The van der Waals surface area contributed by atoms with Gasteiger partial charge in [-0.1, -0.05) is 30.0 Å². The average Bonchev–Trinajstić information content (AvgIpc) is 3.29. The molecule has 3 amide bonds. The number of nitrogens with zero attached hydrogens (tertiary/aromatic N) is 3. The molecular formula is C21H18N4O3S. The van der Waals surface area contributed by atoms with Crippen LogP contribution >= 0.6 is 11.8 Å². The number of anilines is 1. The summed E-state index contributed by atoms with van der Waals surface area (Å²) in [6, 6.07) is 16.3. The van der Waals surface area contributed by atoms with Gasteiger partial charge in [0, 0.05) is 23.1 Å². The maximum atomic E-state index is 12.7. The Hall–Kier alpha value is -3.39. The first-order valence-corrected chi connectivity index (χ1v) is 9.98. The van der Waals surface area contributed by atoms with Crippen LogP contribution in [0.25, 0.3) is 5.69 Å². The minimum Gasteiger partial charge on any atom is -0.322 e. The van der Waals surface area contributed by atoms with Gasteiger partial charge in [0.15, 0.2) is 0 Å². The zero-order valence-electron chi connectivity index (χ0n) is 15.7. The average molecular weight is 406 g/mol. The molecule has 1 saturated heterocycles. The summed E-state index contributed by atoms with van der Waals surface area (Å²) in [6.45, 7) is 2.12. The van der Waals surface area contributed by atoms with Gasteiger partial charge in [0.2, 0.25) is 5.91 Å². The van der Waals surface area contributed by atoms with E-state index in [4.69, 9.17) is 0 Å². The monoisotopic (exact) mass is 406 g/mol. The first-order chi connectivity index (χ1) is 14.0. The lowest BCUT2D eigenvalue weighted by molar-refractivity contribution is -0.125. The Labute approximate surface area is 171 Å². The number of carbonyl (C=O) groups is 3. The smallest absolute Gasteiger partial charge is 0.289 e. The molecule has 146 valence electrons. The summed E-state index contributed by atoms with van der Waals surface area (Å²) in [6.07, 6.45) is 1.72. The number of rotatable bonds is 5. The second-order valence-corrected chi connectivity index (χ2v) is 7.55. The number of aryl methyl sites for hydroxylation is 1. The highest BCUT2D eigenvalue weighted by Gasteiger charge is 2.29. The Morgan fingerprint density at radius 1 is 1.14 bits per heavy atom. The van der Waals surface area contributed by atoms with Gasteiger partial charge in [0.05, 0.1) is 18.0 Å². The van der Waals surface area contributed by atoms with E-state index in [2.05, 4.69) is 10.4 Å². The molecule has 7 nitrogen and oxygen atoms in total. The predicted molar refractivity (Wildman–Crippen MR) is 111 cm³/mol. The lowest BCUT2D eigenvalue weighted by Crippen LogP contribution is -2.28. The number of amides is 3. The molecule has 2 aromatic carbocycles. The zero-order chi connectivity index (χ0) is 20.4. The van der Waals surface area contributed by atoms with E-state index in [1.807, 2.05) is 37.3 Å². The molecule has 8 heteroatoms. The Bertz CT molecular complexity index is 1090. The molecule has 1 N–H and O–H groups in total. The molecule has 0 unspecified atom stereocenters. The molecule has 0 saturated carbocycles. The van der Waals surface area contributed by atoms with Gasteiger partial charge in [-0.05, 0) is 48.9 Å². The van der Waals surface area contributed by atoms with Crippen LogP contribution in [-0.4, -0.2) is 37.5 Å². The summed E-state index contributed by atoms with van der Waals surface area (Å²) >= 11 is 0.997. The molecule has 0 spiro atoms. The summed E-state index contributed by atoms with van der Waals surface area (Å²) in [5, 5.41) is 6.91. The zero-order valence-corrected chi connectivity index (χ0v) is 16.5. The van der Waals surface area contributed by atoms with Crippen LogP contribution in [0.5, 0.6) is 0 Å². The molecular weight excluding hydrogens is 388 g/mol. The molecule has 29 heavy (non-hydrogen) atoms. The number of hydrogen-bond acceptors (Lipinski definition) is 5. The van der Waals surface area contributed by atoms with Crippen LogP contribution in [0.1, 0.15) is 21.6 Å². The maximum absolute atomic E-state index is 12.7. The highest BCUT2D eigenvalue weighted by atomic mass is 32.2. The first kappa shape index (κ1) is 18.9. The summed E-state index contributed by atoms with van der Waals surface area (Å²) < 4.78 is 1.79. The van der Waals surface area contributed by atoms with Crippen LogP contribution < -0.4 is 5.32 Å². The summed E-state index contributed by atoms with van der Waals surface area (Å²) in [7, 11) is 0. The van der Waals surface area contributed by atoms with Crippen LogP contribution in [0.2, 0.25) is 0 Å².